The number of hydrogen-bond acceptors (Lipinski definition) is 3. The number of nitrogens with zero attached hydrogens (tertiary/aromatic N) is 2. The van der Waals surface area contributed by atoms with Crippen LogP contribution in [0.2, 0.25) is 0 Å². The molecule has 0 aliphatic rings. The Labute approximate surface area is 105 Å². The minimum atomic E-state index is 0.433. The van der Waals surface area contributed by atoms with Gasteiger partial charge in [0, 0.05) is 18.3 Å². The molecule has 3 aromatic rings. The van der Waals surface area contributed by atoms with Gasteiger partial charge in [0.25, 0.3) is 0 Å². The molecule has 2 N–H and O–H groups in total. The van der Waals surface area contributed by atoms with Crippen LogP contribution in [0.5, 0.6) is 0 Å². The van der Waals surface area contributed by atoms with Gasteiger partial charge in [0.2, 0.25) is 0 Å². The molecule has 90 valence electrons. The molecule has 4 nitrogen and oxygen atoms in total. The molecule has 0 bridgehead atoms. The fraction of sp³-hybridized carbons (Fsp3) is 0.0714. The van der Waals surface area contributed by atoms with Gasteiger partial charge in [-0.05, 0) is 24.3 Å². The summed E-state index contributed by atoms with van der Waals surface area (Å²) in [4.78, 5) is 0. The largest absolute Gasteiger partial charge is 0.463 e. The molecule has 18 heavy (non-hydrogen) atoms. The van der Waals surface area contributed by atoms with Crippen LogP contribution in [-0.4, -0.2) is 9.78 Å². The van der Waals surface area contributed by atoms with Gasteiger partial charge >= 0.3 is 0 Å². The Bertz CT molecular complexity index is 626. The van der Waals surface area contributed by atoms with Crippen molar-refractivity contribution in [1.29, 1.82) is 0 Å². The predicted molar refractivity (Wildman–Crippen MR) is 69.2 cm³/mol. The Morgan fingerprint density at radius 2 is 1.94 bits per heavy atom. The second-order valence-electron chi connectivity index (χ2n) is 3.96. The standard InChI is InChI=1S/C14H13N3O/c15-9-11-10-17(12-5-2-1-3-6-12)16-14(11)13-7-4-8-18-13/h1-8,10H,9,15H2. The van der Waals surface area contributed by atoms with Crippen molar-refractivity contribution in [3.63, 3.8) is 0 Å². The van der Waals surface area contributed by atoms with Gasteiger partial charge in [0.1, 0.15) is 5.69 Å². The molecule has 4 heteroatoms. The summed E-state index contributed by atoms with van der Waals surface area (Å²) < 4.78 is 7.20. The summed E-state index contributed by atoms with van der Waals surface area (Å²) in [5.41, 5.74) is 8.52. The van der Waals surface area contributed by atoms with Crippen LogP contribution in [-0.2, 0) is 6.54 Å². The van der Waals surface area contributed by atoms with Crippen molar-refractivity contribution in [3.8, 4) is 17.1 Å². The molecule has 0 aliphatic carbocycles. The fourth-order valence-electron chi connectivity index (χ4n) is 1.89. The molecule has 0 spiro atoms. The number of hydrogen-bond donors (Lipinski definition) is 1. The van der Waals surface area contributed by atoms with Gasteiger partial charge in [-0.25, -0.2) is 4.68 Å². The van der Waals surface area contributed by atoms with Gasteiger partial charge in [-0.1, -0.05) is 18.2 Å². The minimum Gasteiger partial charge on any atom is -0.463 e. The Hall–Kier alpha value is -2.33. The van der Waals surface area contributed by atoms with Crippen molar-refractivity contribution in [3.05, 3.63) is 60.5 Å². The highest BCUT2D eigenvalue weighted by atomic mass is 16.3. The van der Waals surface area contributed by atoms with Crippen LogP contribution in [0.25, 0.3) is 17.1 Å². The topological polar surface area (TPSA) is 57.0 Å². The monoisotopic (exact) mass is 239 g/mol. The van der Waals surface area contributed by atoms with Gasteiger partial charge in [0.15, 0.2) is 5.76 Å². The zero-order valence-corrected chi connectivity index (χ0v) is 9.78. The number of nitrogens with two attached hydrogens (primary N) is 1. The van der Waals surface area contributed by atoms with Crippen LogP contribution >= 0.6 is 0 Å². The first-order valence-electron chi connectivity index (χ1n) is 5.76. The summed E-state index contributed by atoms with van der Waals surface area (Å²) in [5, 5.41) is 4.54. The molecule has 0 unspecified atom stereocenters. The van der Waals surface area contributed by atoms with Crippen molar-refractivity contribution >= 4 is 0 Å². The third-order valence-electron chi connectivity index (χ3n) is 2.79. The maximum Gasteiger partial charge on any atom is 0.154 e. The van der Waals surface area contributed by atoms with Crippen molar-refractivity contribution in [2.45, 2.75) is 6.54 Å². The number of aromatic nitrogens is 2. The van der Waals surface area contributed by atoms with Gasteiger partial charge in [0.05, 0.1) is 12.0 Å². The molecular weight excluding hydrogens is 226 g/mol. The molecule has 0 saturated heterocycles. The van der Waals surface area contributed by atoms with E-state index in [1.165, 1.54) is 0 Å². The van der Waals surface area contributed by atoms with Crippen LogP contribution in [0, 0.1) is 0 Å². The van der Waals surface area contributed by atoms with E-state index in [0.29, 0.717) is 6.54 Å². The molecule has 2 aromatic heterocycles. The second-order valence-corrected chi connectivity index (χ2v) is 3.96. The van der Waals surface area contributed by atoms with Gasteiger partial charge < -0.3 is 10.2 Å². The third kappa shape index (κ3) is 1.83. The molecule has 0 amide bonds. The first-order valence-corrected chi connectivity index (χ1v) is 5.76. The van der Waals surface area contributed by atoms with E-state index in [-0.39, 0.29) is 0 Å². The normalized spacial score (nSPS) is 10.7. The Balaban J connectivity index is 2.09. The summed E-state index contributed by atoms with van der Waals surface area (Å²) in [6.07, 6.45) is 3.57. The second kappa shape index (κ2) is 4.50. The Kier molecular flexibility index (Phi) is 2.70. The van der Waals surface area contributed by atoms with Crippen LogP contribution in [0.1, 0.15) is 5.56 Å². The maximum absolute atomic E-state index is 5.75. The highest BCUT2D eigenvalue weighted by Crippen LogP contribution is 2.23. The zero-order chi connectivity index (χ0) is 12.4. The number of furan rings is 1. The first-order chi connectivity index (χ1) is 8.88. The summed E-state index contributed by atoms with van der Waals surface area (Å²) >= 11 is 0. The molecule has 0 atom stereocenters. The minimum absolute atomic E-state index is 0.433. The van der Waals surface area contributed by atoms with Gasteiger partial charge in [-0.2, -0.15) is 5.10 Å². The van der Waals surface area contributed by atoms with E-state index in [0.717, 1.165) is 22.7 Å². The lowest BCUT2D eigenvalue weighted by Gasteiger charge is -1.98. The van der Waals surface area contributed by atoms with E-state index < -0.39 is 0 Å². The Morgan fingerprint density at radius 1 is 1.11 bits per heavy atom. The number of rotatable bonds is 3. The lowest BCUT2D eigenvalue weighted by Crippen LogP contribution is -1.96. The van der Waals surface area contributed by atoms with E-state index in [4.69, 9.17) is 10.2 Å². The molecule has 2 heterocycles. The Morgan fingerprint density at radius 3 is 2.61 bits per heavy atom. The van der Waals surface area contributed by atoms with Crippen molar-refractivity contribution in [2.75, 3.05) is 0 Å². The van der Waals surface area contributed by atoms with Crippen LogP contribution < -0.4 is 5.73 Å². The number of benzene rings is 1. The molecule has 0 saturated carbocycles. The fourth-order valence-corrected chi connectivity index (χ4v) is 1.89. The smallest absolute Gasteiger partial charge is 0.154 e. The van der Waals surface area contributed by atoms with Gasteiger partial charge in [-0.15, -0.1) is 0 Å². The highest BCUT2D eigenvalue weighted by molar-refractivity contribution is 5.57. The lowest BCUT2D eigenvalue weighted by molar-refractivity contribution is 0.578. The van der Waals surface area contributed by atoms with Crippen LogP contribution in [0.3, 0.4) is 0 Å². The summed E-state index contributed by atoms with van der Waals surface area (Å²) in [5.74, 6) is 0.741. The van der Waals surface area contributed by atoms with E-state index >= 15 is 0 Å². The van der Waals surface area contributed by atoms with Crippen LogP contribution in [0.4, 0.5) is 0 Å². The highest BCUT2D eigenvalue weighted by Gasteiger charge is 2.12. The van der Waals surface area contributed by atoms with Crippen molar-refractivity contribution in [2.24, 2.45) is 5.73 Å². The molecule has 3 rings (SSSR count). The first kappa shape index (κ1) is 10.8. The van der Waals surface area contributed by atoms with E-state index in [2.05, 4.69) is 5.10 Å². The third-order valence-corrected chi connectivity index (χ3v) is 2.79. The van der Waals surface area contributed by atoms with E-state index in [9.17, 15) is 0 Å². The average Bonchev–Trinajstić information content (AvgIpc) is 3.08. The van der Waals surface area contributed by atoms with Crippen molar-refractivity contribution in [1.82, 2.24) is 9.78 Å². The quantitative estimate of drug-likeness (QED) is 0.764. The number of para-hydroxylation sites is 1. The maximum atomic E-state index is 5.75. The average molecular weight is 239 g/mol. The van der Waals surface area contributed by atoms with E-state index in [1.807, 2.05) is 53.3 Å². The van der Waals surface area contributed by atoms with Crippen molar-refractivity contribution < 1.29 is 4.42 Å². The lowest BCUT2D eigenvalue weighted by atomic mass is 10.2. The van der Waals surface area contributed by atoms with E-state index in [1.54, 1.807) is 6.26 Å². The van der Waals surface area contributed by atoms with Crippen LogP contribution in [0.15, 0.2) is 59.3 Å². The SMILES string of the molecule is NCc1cn(-c2ccccc2)nc1-c1ccco1. The zero-order valence-electron chi connectivity index (χ0n) is 9.78. The summed E-state index contributed by atoms with van der Waals surface area (Å²) in [7, 11) is 0. The summed E-state index contributed by atoms with van der Waals surface area (Å²) in [6.45, 7) is 0.433. The van der Waals surface area contributed by atoms with Gasteiger partial charge in [-0.3, -0.25) is 0 Å². The molecule has 1 aromatic carbocycles. The molecule has 0 fully saturated rings. The molecule has 0 aliphatic heterocycles. The predicted octanol–water partition coefficient (Wildman–Crippen LogP) is 2.59. The molecule has 0 radical (unpaired) electrons. The molecular formula is C14H13N3O. The summed E-state index contributed by atoms with van der Waals surface area (Å²) in [6, 6.07) is 13.7.